The predicted molar refractivity (Wildman–Crippen MR) is 59.8 cm³/mol. The molecule has 0 bridgehead atoms. The van der Waals surface area contributed by atoms with Gasteiger partial charge in [-0.1, -0.05) is 11.6 Å². The van der Waals surface area contributed by atoms with Crippen molar-refractivity contribution in [2.75, 3.05) is 13.2 Å². The van der Waals surface area contributed by atoms with Crippen molar-refractivity contribution in [2.24, 2.45) is 0 Å². The Hall–Kier alpha value is -0.520. The fourth-order valence-corrected chi connectivity index (χ4v) is 2.23. The van der Waals surface area contributed by atoms with Crippen molar-refractivity contribution in [1.82, 2.24) is 0 Å². The molecule has 6 heteroatoms. The molecular formula is C10H11ClF2O2S. The summed E-state index contributed by atoms with van der Waals surface area (Å²) in [5.41, 5.74) is 0.850. The third kappa shape index (κ3) is 4.15. The zero-order chi connectivity index (χ0) is 12.1. The van der Waals surface area contributed by atoms with E-state index in [9.17, 15) is 13.6 Å². The van der Waals surface area contributed by atoms with Crippen molar-refractivity contribution in [3.05, 3.63) is 20.8 Å². The van der Waals surface area contributed by atoms with Crippen LogP contribution in [0.15, 0.2) is 6.07 Å². The van der Waals surface area contributed by atoms with Crippen LogP contribution in [0.4, 0.5) is 8.78 Å². The van der Waals surface area contributed by atoms with Gasteiger partial charge >= 0.3 is 0 Å². The van der Waals surface area contributed by atoms with E-state index in [-0.39, 0.29) is 18.8 Å². The topological polar surface area (TPSA) is 26.3 Å². The Balaban J connectivity index is 2.35. The van der Waals surface area contributed by atoms with Crippen molar-refractivity contribution in [1.29, 1.82) is 0 Å². The number of ether oxygens (including phenoxy) is 1. The highest BCUT2D eigenvalue weighted by molar-refractivity contribution is 7.18. The quantitative estimate of drug-likeness (QED) is 0.582. The third-order valence-corrected chi connectivity index (χ3v) is 3.45. The average molecular weight is 269 g/mol. The summed E-state index contributed by atoms with van der Waals surface area (Å²) in [5.74, 6) is -0.130. The van der Waals surface area contributed by atoms with Gasteiger partial charge in [0.05, 0.1) is 15.8 Å². The second-order valence-electron chi connectivity index (χ2n) is 3.21. The lowest BCUT2D eigenvalue weighted by molar-refractivity contribution is 0.0170. The fourth-order valence-electron chi connectivity index (χ4n) is 1.06. The van der Waals surface area contributed by atoms with E-state index in [4.69, 9.17) is 11.6 Å². The number of Topliss-reactive ketones (excluding diaryl/α,β-unsaturated/α-hetero) is 1. The van der Waals surface area contributed by atoms with Crippen LogP contribution in [0.2, 0.25) is 4.34 Å². The van der Waals surface area contributed by atoms with Gasteiger partial charge in [-0.25, -0.2) is 8.78 Å². The van der Waals surface area contributed by atoms with Crippen molar-refractivity contribution < 1.29 is 18.3 Å². The molecule has 0 saturated carbocycles. The summed E-state index contributed by atoms with van der Waals surface area (Å²) in [6.07, 6.45) is -2.39. The van der Waals surface area contributed by atoms with Crippen LogP contribution in [-0.2, 0) is 4.74 Å². The molecule has 0 spiro atoms. The van der Waals surface area contributed by atoms with Gasteiger partial charge in [0.15, 0.2) is 5.78 Å². The van der Waals surface area contributed by atoms with Gasteiger partial charge in [-0.15, -0.1) is 11.3 Å². The monoisotopic (exact) mass is 268 g/mol. The van der Waals surface area contributed by atoms with Gasteiger partial charge in [0.25, 0.3) is 6.43 Å². The number of rotatable bonds is 6. The third-order valence-electron chi connectivity index (χ3n) is 1.85. The molecule has 16 heavy (non-hydrogen) atoms. The van der Waals surface area contributed by atoms with Gasteiger partial charge < -0.3 is 4.74 Å². The normalized spacial score (nSPS) is 11.1. The number of halogens is 3. The Morgan fingerprint density at radius 2 is 2.31 bits per heavy atom. The molecule has 0 saturated heterocycles. The van der Waals surface area contributed by atoms with Crippen LogP contribution in [0.1, 0.15) is 21.7 Å². The van der Waals surface area contributed by atoms with Crippen LogP contribution >= 0.6 is 22.9 Å². The van der Waals surface area contributed by atoms with E-state index in [0.717, 1.165) is 5.56 Å². The molecule has 0 aromatic carbocycles. The van der Waals surface area contributed by atoms with E-state index >= 15 is 0 Å². The Kier molecular flexibility index (Phi) is 5.31. The largest absolute Gasteiger partial charge is 0.375 e. The van der Waals surface area contributed by atoms with E-state index < -0.39 is 13.0 Å². The van der Waals surface area contributed by atoms with Gasteiger partial charge in [0, 0.05) is 6.42 Å². The van der Waals surface area contributed by atoms with Gasteiger partial charge in [-0.3, -0.25) is 4.79 Å². The molecule has 0 amide bonds. The van der Waals surface area contributed by atoms with E-state index in [1.165, 1.54) is 11.3 Å². The maximum atomic E-state index is 11.7. The van der Waals surface area contributed by atoms with Crippen molar-refractivity contribution >= 4 is 28.7 Å². The summed E-state index contributed by atoms with van der Waals surface area (Å²) in [7, 11) is 0. The van der Waals surface area contributed by atoms with E-state index in [2.05, 4.69) is 4.74 Å². The first-order valence-electron chi connectivity index (χ1n) is 4.65. The number of hydrogen-bond donors (Lipinski definition) is 0. The first kappa shape index (κ1) is 13.5. The SMILES string of the molecule is Cc1cc(C(=O)CCOCC(F)F)sc1Cl. The minimum Gasteiger partial charge on any atom is -0.375 e. The highest BCUT2D eigenvalue weighted by Gasteiger charge is 2.11. The summed E-state index contributed by atoms with van der Waals surface area (Å²) in [6, 6.07) is 1.70. The van der Waals surface area contributed by atoms with Crippen LogP contribution in [0.3, 0.4) is 0 Å². The van der Waals surface area contributed by atoms with Crippen molar-refractivity contribution in [2.45, 2.75) is 19.8 Å². The molecule has 0 radical (unpaired) electrons. The summed E-state index contributed by atoms with van der Waals surface area (Å²) in [6.45, 7) is 1.19. The smallest absolute Gasteiger partial charge is 0.261 e. The van der Waals surface area contributed by atoms with Gasteiger partial charge in [0.2, 0.25) is 0 Å². The lowest BCUT2D eigenvalue weighted by Gasteiger charge is -2.01. The highest BCUT2D eigenvalue weighted by Crippen LogP contribution is 2.27. The number of alkyl halides is 2. The van der Waals surface area contributed by atoms with Crippen LogP contribution in [0.5, 0.6) is 0 Å². The molecule has 2 nitrogen and oxygen atoms in total. The second kappa shape index (κ2) is 6.27. The number of carbonyl (C=O) groups excluding carboxylic acids is 1. The number of ketones is 1. The molecule has 0 N–H and O–H groups in total. The number of carbonyl (C=O) groups is 1. The Bertz CT molecular complexity index is 346. The lowest BCUT2D eigenvalue weighted by Crippen LogP contribution is -2.08. The van der Waals surface area contributed by atoms with E-state index in [1.54, 1.807) is 6.07 Å². The zero-order valence-electron chi connectivity index (χ0n) is 8.63. The summed E-state index contributed by atoms with van der Waals surface area (Å²) < 4.78 is 28.6. The highest BCUT2D eigenvalue weighted by atomic mass is 35.5. The molecular weight excluding hydrogens is 258 g/mol. The van der Waals surface area contributed by atoms with Crippen LogP contribution in [-0.4, -0.2) is 25.4 Å². The first-order chi connectivity index (χ1) is 7.50. The number of hydrogen-bond acceptors (Lipinski definition) is 3. The molecule has 0 aliphatic heterocycles. The standard InChI is InChI=1S/C10H11ClF2O2S/c1-6-4-8(16-10(6)11)7(14)2-3-15-5-9(12)13/h4,9H,2-3,5H2,1H3. The summed E-state index contributed by atoms with van der Waals surface area (Å²) in [5, 5.41) is 0. The second-order valence-corrected chi connectivity index (χ2v) is 4.86. The Morgan fingerprint density at radius 1 is 1.62 bits per heavy atom. The molecule has 1 aromatic heterocycles. The van der Waals surface area contributed by atoms with Crippen LogP contribution in [0, 0.1) is 6.92 Å². The Morgan fingerprint density at radius 3 is 2.81 bits per heavy atom. The summed E-state index contributed by atoms with van der Waals surface area (Å²) in [4.78, 5) is 12.1. The molecule has 0 aliphatic carbocycles. The molecule has 1 rings (SSSR count). The maximum absolute atomic E-state index is 11.7. The Labute approximate surface area is 101 Å². The van der Waals surface area contributed by atoms with Crippen molar-refractivity contribution in [3.8, 4) is 0 Å². The minimum atomic E-state index is -2.49. The van der Waals surface area contributed by atoms with Crippen LogP contribution < -0.4 is 0 Å². The summed E-state index contributed by atoms with van der Waals surface area (Å²) >= 11 is 7.01. The predicted octanol–water partition coefficient (Wildman–Crippen LogP) is 3.56. The average Bonchev–Trinajstić information content (AvgIpc) is 2.54. The molecule has 0 fully saturated rings. The molecule has 0 unspecified atom stereocenters. The van der Waals surface area contributed by atoms with E-state index in [0.29, 0.717) is 9.21 Å². The van der Waals surface area contributed by atoms with Crippen molar-refractivity contribution in [3.63, 3.8) is 0 Å². The molecule has 0 atom stereocenters. The maximum Gasteiger partial charge on any atom is 0.261 e. The molecule has 1 heterocycles. The minimum absolute atomic E-state index is 0.0116. The molecule has 0 aliphatic rings. The van der Waals surface area contributed by atoms with E-state index in [1.807, 2.05) is 6.92 Å². The van der Waals surface area contributed by atoms with Gasteiger partial charge in [-0.05, 0) is 18.6 Å². The van der Waals surface area contributed by atoms with Gasteiger partial charge in [-0.2, -0.15) is 0 Å². The van der Waals surface area contributed by atoms with Crippen LogP contribution in [0.25, 0.3) is 0 Å². The molecule has 1 aromatic rings. The zero-order valence-corrected chi connectivity index (χ0v) is 10.2. The fraction of sp³-hybridized carbons (Fsp3) is 0.500. The number of aryl methyl sites for hydroxylation is 1. The van der Waals surface area contributed by atoms with Gasteiger partial charge in [0.1, 0.15) is 6.61 Å². The molecule has 90 valence electrons. The first-order valence-corrected chi connectivity index (χ1v) is 5.85. The lowest BCUT2D eigenvalue weighted by atomic mass is 10.2. The number of thiophene rings is 1.